The van der Waals surface area contributed by atoms with Crippen molar-refractivity contribution in [3.05, 3.63) is 240 Å². The molecule has 13 rings (SSSR count). The number of anilines is 3. The second kappa shape index (κ2) is 12.1. The molecule has 2 heterocycles. The van der Waals surface area contributed by atoms with Gasteiger partial charge in [0.25, 0.3) is 0 Å². The summed E-state index contributed by atoms with van der Waals surface area (Å²) in [6.07, 6.45) is 0. The molecule has 1 aromatic heterocycles. The largest absolute Gasteiger partial charge is 0.310 e. The van der Waals surface area contributed by atoms with Crippen molar-refractivity contribution in [1.82, 2.24) is 4.57 Å². The van der Waals surface area contributed by atoms with Crippen molar-refractivity contribution in [2.75, 3.05) is 4.90 Å². The molecule has 2 heteroatoms. The van der Waals surface area contributed by atoms with Gasteiger partial charge >= 0.3 is 0 Å². The van der Waals surface area contributed by atoms with E-state index < -0.39 is 5.41 Å². The first-order valence-electron chi connectivity index (χ1n) is 21.1. The van der Waals surface area contributed by atoms with E-state index in [0.29, 0.717) is 0 Å². The first kappa shape index (κ1) is 33.5. The van der Waals surface area contributed by atoms with E-state index in [1.165, 1.54) is 94.3 Å². The molecule has 0 saturated heterocycles. The van der Waals surface area contributed by atoms with Crippen molar-refractivity contribution in [3.63, 3.8) is 0 Å². The minimum atomic E-state index is -0.537. The van der Waals surface area contributed by atoms with Crippen molar-refractivity contribution in [2.45, 2.75) is 24.7 Å². The van der Waals surface area contributed by atoms with Crippen molar-refractivity contribution < 1.29 is 0 Å². The van der Waals surface area contributed by atoms with Gasteiger partial charge in [-0.25, -0.2) is 0 Å². The van der Waals surface area contributed by atoms with Crippen LogP contribution in [0.5, 0.6) is 0 Å². The Morgan fingerprint density at radius 2 is 0.950 bits per heavy atom. The number of nitrogens with zero attached hydrogens (tertiary/aromatic N) is 2. The summed E-state index contributed by atoms with van der Waals surface area (Å²) < 4.78 is 2.54. The maximum absolute atomic E-state index is 2.54. The van der Waals surface area contributed by atoms with Gasteiger partial charge in [0.1, 0.15) is 0 Å². The molecule has 3 aliphatic rings. The molecule has 0 bridgehead atoms. The third-order valence-corrected chi connectivity index (χ3v) is 14.0. The predicted octanol–water partition coefficient (Wildman–Crippen LogP) is 14.9. The van der Waals surface area contributed by atoms with Gasteiger partial charge in [0.2, 0.25) is 0 Å². The molecule has 0 fully saturated rings. The molecule has 282 valence electrons. The lowest BCUT2D eigenvalue weighted by Gasteiger charge is -2.40. The van der Waals surface area contributed by atoms with Gasteiger partial charge in [-0.05, 0) is 110 Å². The highest BCUT2D eigenvalue weighted by molar-refractivity contribution is 6.14. The van der Waals surface area contributed by atoms with Crippen LogP contribution in [0.25, 0.3) is 60.9 Å². The predicted molar refractivity (Wildman–Crippen MR) is 249 cm³/mol. The number of para-hydroxylation sites is 4. The number of rotatable bonds is 4. The third-order valence-electron chi connectivity index (χ3n) is 14.0. The van der Waals surface area contributed by atoms with Crippen molar-refractivity contribution >= 4 is 38.9 Å². The summed E-state index contributed by atoms with van der Waals surface area (Å²) in [5.74, 6) is 0. The molecule has 0 unspecified atom stereocenters. The third kappa shape index (κ3) is 4.22. The fourth-order valence-corrected chi connectivity index (χ4v) is 11.5. The van der Waals surface area contributed by atoms with Gasteiger partial charge in [0, 0.05) is 33.1 Å². The van der Waals surface area contributed by atoms with Crippen LogP contribution in [-0.4, -0.2) is 4.57 Å². The lowest BCUT2D eigenvalue weighted by molar-refractivity contribution is 0.660. The van der Waals surface area contributed by atoms with Gasteiger partial charge in [-0.1, -0.05) is 172 Å². The molecule has 0 atom stereocenters. The zero-order valence-corrected chi connectivity index (χ0v) is 33.5. The highest BCUT2D eigenvalue weighted by atomic mass is 15.1. The first-order valence-corrected chi connectivity index (χ1v) is 21.1. The summed E-state index contributed by atoms with van der Waals surface area (Å²) in [7, 11) is 0. The average Bonchev–Trinajstić information content (AvgIpc) is 3.88. The van der Waals surface area contributed by atoms with E-state index in [9.17, 15) is 0 Å². The van der Waals surface area contributed by atoms with Crippen LogP contribution in [0.2, 0.25) is 0 Å². The molecule has 1 aliphatic heterocycles. The fraction of sp³-hybridized carbons (Fsp3) is 0.0690. The van der Waals surface area contributed by atoms with Crippen LogP contribution < -0.4 is 4.90 Å². The molecule has 10 aromatic rings. The summed E-state index contributed by atoms with van der Waals surface area (Å²) in [4.78, 5) is 2.51. The van der Waals surface area contributed by atoms with E-state index in [4.69, 9.17) is 0 Å². The van der Waals surface area contributed by atoms with Crippen molar-refractivity contribution in [3.8, 4) is 39.1 Å². The lowest BCUT2D eigenvalue weighted by Crippen LogP contribution is -2.33. The number of fused-ring (bicyclic) bond motifs is 15. The molecule has 0 N–H and O–H groups in total. The summed E-state index contributed by atoms with van der Waals surface area (Å²) in [6, 6.07) is 77.3. The maximum Gasteiger partial charge on any atom is 0.0755 e. The molecule has 2 nitrogen and oxygen atoms in total. The van der Waals surface area contributed by atoms with Crippen molar-refractivity contribution in [1.29, 1.82) is 0 Å². The summed E-state index contributed by atoms with van der Waals surface area (Å²) in [6.45, 7) is 4.74. The normalized spacial score (nSPS) is 14.4. The summed E-state index contributed by atoms with van der Waals surface area (Å²) >= 11 is 0. The van der Waals surface area contributed by atoms with Crippen LogP contribution in [0.15, 0.2) is 206 Å². The topological polar surface area (TPSA) is 8.17 Å². The Hall–Kier alpha value is -7.42. The Kier molecular flexibility index (Phi) is 6.74. The SMILES string of the molecule is CC1(C)c2ccccc2-c2ccc(-c3ccccc3N(c3ccccc3)c3cc4c5c(c3)c3ccccc3n5-c3ccccc3C43c4ccccc4-c4ccccc43)cc21. The number of benzene rings is 9. The zero-order valence-electron chi connectivity index (χ0n) is 33.5. The van der Waals surface area contributed by atoms with Gasteiger partial charge in [0.15, 0.2) is 0 Å². The first-order chi connectivity index (χ1) is 29.5. The minimum absolute atomic E-state index is 0.101. The summed E-state index contributed by atoms with van der Waals surface area (Å²) in [5.41, 5.74) is 22.2. The van der Waals surface area contributed by atoms with Crippen LogP contribution in [0.1, 0.15) is 47.2 Å². The van der Waals surface area contributed by atoms with Gasteiger partial charge in [-0.3, -0.25) is 0 Å². The standard InChI is InChI=1S/C58H40N2/c1-57(2)47-25-11-6-21-41(47)44-33-32-37(34-51(44)57)40-20-9-15-29-53(40)59(38-18-4-3-5-19-38)39-35-46-45-24-10-16-30-54(45)60-55-31-17-14-28-50(55)58(52(36-39)56(46)60)48-26-12-7-22-42(48)43-23-8-13-27-49(43)58/h3-36H,1-2H3. The second-order valence-electron chi connectivity index (χ2n) is 17.2. The Bertz CT molecular complexity index is 3370. The van der Waals surface area contributed by atoms with E-state index >= 15 is 0 Å². The molecular weight excluding hydrogens is 725 g/mol. The smallest absolute Gasteiger partial charge is 0.0755 e. The molecule has 60 heavy (non-hydrogen) atoms. The quantitative estimate of drug-likeness (QED) is 0.173. The molecule has 9 aromatic carbocycles. The molecular formula is C58H40N2. The summed E-state index contributed by atoms with van der Waals surface area (Å²) in [5, 5.41) is 2.51. The molecule has 1 spiro atoms. The van der Waals surface area contributed by atoms with Crippen LogP contribution in [-0.2, 0) is 10.8 Å². The number of hydrogen-bond donors (Lipinski definition) is 0. The number of aromatic nitrogens is 1. The van der Waals surface area contributed by atoms with E-state index in [1.807, 2.05) is 0 Å². The highest BCUT2D eigenvalue weighted by Crippen LogP contribution is 2.62. The van der Waals surface area contributed by atoms with Crippen LogP contribution in [0, 0.1) is 0 Å². The van der Waals surface area contributed by atoms with Gasteiger partial charge < -0.3 is 9.47 Å². The van der Waals surface area contributed by atoms with Gasteiger partial charge in [0.05, 0.1) is 27.8 Å². The molecule has 0 amide bonds. The molecule has 0 radical (unpaired) electrons. The average molecular weight is 765 g/mol. The van der Waals surface area contributed by atoms with Crippen LogP contribution in [0.3, 0.4) is 0 Å². The second-order valence-corrected chi connectivity index (χ2v) is 17.2. The van der Waals surface area contributed by atoms with E-state index in [2.05, 4.69) is 230 Å². The molecule has 2 aliphatic carbocycles. The van der Waals surface area contributed by atoms with E-state index in [0.717, 1.165) is 17.1 Å². The molecule has 0 saturated carbocycles. The Morgan fingerprint density at radius 1 is 0.383 bits per heavy atom. The monoisotopic (exact) mass is 764 g/mol. The zero-order chi connectivity index (χ0) is 39.7. The van der Waals surface area contributed by atoms with Gasteiger partial charge in [-0.15, -0.1) is 0 Å². The Morgan fingerprint density at radius 3 is 1.70 bits per heavy atom. The van der Waals surface area contributed by atoms with Gasteiger partial charge in [-0.2, -0.15) is 0 Å². The Balaban J connectivity index is 1.13. The fourth-order valence-electron chi connectivity index (χ4n) is 11.5. The maximum atomic E-state index is 2.54. The highest BCUT2D eigenvalue weighted by Gasteiger charge is 2.51. The number of hydrogen-bond acceptors (Lipinski definition) is 1. The lowest BCUT2D eigenvalue weighted by atomic mass is 9.65. The van der Waals surface area contributed by atoms with E-state index in [-0.39, 0.29) is 5.41 Å². The van der Waals surface area contributed by atoms with E-state index in [1.54, 1.807) is 0 Å². The van der Waals surface area contributed by atoms with Crippen molar-refractivity contribution in [2.24, 2.45) is 0 Å². The van der Waals surface area contributed by atoms with Crippen LogP contribution in [0.4, 0.5) is 17.1 Å². The minimum Gasteiger partial charge on any atom is -0.310 e. The Labute approximate surface area is 350 Å². The van der Waals surface area contributed by atoms with Crippen LogP contribution >= 0.6 is 0 Å².